The molecule has 1 heterocycles. The number of fused-ring (bicyclic) bond motifs is 1. The summed E-state index contributed by atoms with van der Waals surface area (Å²) in [6, 6.07) is 5.37. The average molecular weight is 253 g/mol. The molecule has 4 nitrogen and oxygen atoms in total. The van der Waals surface area contributed by atoms with Crippen LogP contribution in [-0.4, -0.2) is 22.5 Å². The number of hydrogen-bond acceptors (Lipinski definition) is 3. The molecule has 90 valence electrons. The highest BCUT2D eigenvalue weighted by atomic mass is 35.5. The van der Waals surface area contributed by atoms with Gasteiger partial charge in [0.1, 0.15) is 11.7 Å². The number of benzene rings is 1. The van der Waals surface area contributed by atoms with Crippen LogP contribution in [0.1, 0.15) is 25.6 Å². The number of nitrogens with one attached hydrogen (secondary N) is 1. The lowest BCUT2D eigenvalue weighted by atomic mass is 10.2. The molecule has 0 fully saturated rings. The third-order valence-electron chi connectivity index (χ3n) is 2.51. The van der Waals surface area contributed by atoms with E-state index in [2.05, 4.69) is 9.97 Å². The highest BCUT2D eigenvalue weighted by Gasteiger charge is 2.19. The van der Waals surface area contributed by atoms with Crippen LogP contribution in [0.25, 0.3) is 11.0 Å². The molecular weight excluding hydrogens is 240 g/mol. The monoisotopic (exact) mass is 252 g/mol. The topological polar surface area (TPSA) is 55.0 Å². The van der Waals surface area contributed by atoms with Gasteiger partial charge in [0.05, 0.1) is 17.6 Å². The van der Waals surface area contributed by atoms with Gasteiger partial charge in [-0.25, -0.2) is 4.98 Å². The van der Waals surface area contributed by atoms with E-state index in [0.717, 1.165) is 11.0 Å². The summed E-state index contributed by atoms with van der Waals surface area (Å²) in [7, 11) is 0. The predicted molar refractivity (Wildman–Crippen MR) is 66.2 cm³/mol. The fraction of sp³-hybridized carbons (Fsp3) is 0.333. The second kappa shape index (κ2) is 4.75. The molecule has 1 N–H and O–H groups in total. The van der Waals surface area contributed by atoms with Crippen LogP contribution in [0.4, 0.5) is 0 Å². The zero-order valence-electron chi connectivity index (χ0n) is 9.66. The molecule has 0 saturated carbocycles. The maximum Gasteiger partial charge on any atom is 0.316 e. The Morgan fingerprint density at radius 2 is 2.35 bits per heavy atom. The number of nitrogens with zero attached hydrogens (tertiary/aromatic N) is 1. The molecule has 17 heavy (non-hydrogen) atoms. The summed E-state index contributed by atoms with van der Waals surface area (Å²) >= 11 is 5.88. The fourth-order valence-electron chi connectivity index (χ4n) is 1.59. The van der Waals surface area contributed by atoms with Crippen LogP contribution in [0.3, 0.4) is 0 Å². The minimum atomic E-state index is -0.402. The van der Waals surface area contributed by atoms with Crippen molar-refractivity contribution in [2.24, 2.45) is 0 Å². The van der Waals surface area contributed by atoms with E-state index in [9.17, 15) is 4.79 Å². The van der Waals surface area contributed by atoms with E-state index in [-0.39, 0.29) is 5.97 Å². The minimum absolute atomic E-state index is 0.280. The van der Waals surface area contributed by atoms with Crippen LogP contribution < -0.4 is 0 Å². The SMILES string of the molecule is CCOC(=O)C(C)c1nc2ccc(Cl)cc2[nH]1. The number of H-pyrrole nitrogens is 1. The molecule has 0 aliphatic carbocycles. The van der Waals surface area contributed by atoms with E-state index in [1.807, 2.05) is 6.07 Å². The van der Waals surface area contributed by atoms with Gasteiger partial charge in [0.2, 0.25) is 0 Å². The van der Waals surface area contributed by atoms with Gasteiger partial charge in [-0.15, -0.1) is 0 Å². The molecule has 2 aromatic rings. The summed E-state index contributed by atoms with van der Waals surface area (Å²) < 4.78 is 4.95. The van der Waals surface area contributed by atoms with Crippen LogP contribution in [0.15, 0.2) is 18.2 Å². The number of carbonyl (C=O) groups excluding carboxylic acids is 1. The molecule has 0 radical (unpaired) electrons. The lowest BCUT2D eigenvalue weighted by molar-refractivity contribution is -0.144. The number of hydrogen-bond donors (Lipinski definition) is 1. The third-order valence-corrected chi connectivity index (χ3v) is 2.75. The molecule has 1 aromatic carbocycles. The molecule has 5 heteroatoms. The zero-order valence-corrected chi connectivity index (χ0v) is 10.4. The minimum Gasteiger partial charge on any atom is -0.465 e. The van der Waals surface area contributed by atoms with Gasteiger partial charge in [0.15, 0.2) is 0 Å². The normalized spacial score (nSPS) is 12.6. The van der Waals surface area contributed by atoms with Gasteiger partial charge in [-0.2, -0.15) is 0 Å². The summed E-state index contributed by atoms with van der Waals surface area (Å²) in [5, 5.41) is 0.636. The second-order valence-electron chi connectivity index (χ2n) is 3.76. The maximum absolute atomic E-state index is 11.6. The second-order valence-corrected chi connectivity index (χ2v) is 4.19. The third kappa shape index (κ3) is 2.42. The van der Waals surface area contributed by atoms with Crippen molar-refractivity contribution in [1.29, 1.82) is 0 Å². The summed E-state index contributed by atoms with van der Waals surface area (Å²) in [5.41, 5.74) is 1.61. The number of aromatic amines is 1. The van der Waals surface area contributed by atoms with Crippen LogP contribution in [0.5, 0.6) is 0 Å². The smallest absolute Gasteiger partial charge is 0.316 e. The first-order valence-electron chi connectivity index (χ1n) is 5.43. The molecular formula is C12H13ClN2O2. The summed E-state index contributed by atoms with van der Waals surface area (Å²) in [4.78, 5) is 19.0. The number of imidazole rings is 1. The van der Waals surface area contributed by atoms with E-state index in [1.54, 1.807) is 26.0 Å². The standard InChI is InChI=1S/C12H13ClN2O2/c1-3-17-12(16)7(2)11-14-9-5-4-8(13)6-10(9)15-11/h4-7H,3H2,1-2H3,(H,14,15). The molecule has 1 aromatic heterocycles. The quantitative estimate of drug-likeness (QED) is 0.855. The Kier molecular flexibility index (Phi) is 3.33. The van der Waals surface area contributed by atoms with Crippen molar-refractivity contribution in [2.75, 3.05) is 6.61 Å². The highest BCUT2D eigenvalue weighted by Crippen LogP contribution is 2.21. The molecule has 0 amide bonds. The van der Waals surface area contributed by atoms with Crippen LogP contribution in [-0.2, 0) is 9.53 Å². The zero-order chi connectivity index (χ0) is 12.4. The first-order valence-corrected chi connectivity index (χ1v) is 5.81. The number of carbonyl (C=O) groups is 1. The summed E-state index contributed by atoms with van der Waals surface area (Å²) in [6.07, 6.45) is 0. The van der Waals surface area contributed by atoms with Crippen molar-refractivity contribution in [2.45, 2.75) is 19.8 Å². The molecule has 0 bridgehead atoms. The Bertz CT molecular complexity index is 550. The lowest BCUT2D eigenvalue weighted by Gasteiger charge is -2.06. The van der Waals surface area contributed by atoms with Crippen LogP contribution in [0.2, 0.25) is 5.02 Å². The average Bonchev–Trinajstić information content (AvgIpc) is 2.71. The van der Waals surface area contributed by atoms with Crippen molar-refractivity contribution in [3.8, 4) is 0 Å². The fourth-order valence-corrected chi connectivity index (χ4v) is 1.76. The van der Waals surface area contributed by atoms with Gasteiger partial charge in [-0.05, 0) is 32.0 Å². The van der Waals surface area contributed by atoms with Crippen LogP contribution >= 0.6 is 11.6 Å². The summed E-state index contributed by atoms with van der Waals surface area (Å²) in [5.74, 6) is -0.0838. The Labute approximate surface area is 104 Å². The number of rotatable bonds is 3. The molecule has 0 aliphatic rings. The predicted octanol–water partition coefficient (Wildman–Crippen LogP) is 2.88. The van der Waals surface area contributed by atoms with Gasteiger partial charge < -0.3 is 9.72 Å². The Morgan fingerprint density at radius 3 is 3.06 bits per heavy atom. The van der Waals surface area contributed by atoms with Crippen molar-refractivity contribution in [3.63, 3.8) is 0 Å². The molecule has 0 spiro atoms. The van der Waals surface area contributed by atoms with E-state index in [0.29, 0.717) is 17.5 Å². The molecule has 2 rings (SSSR count). The van der Waals surface area contributed by atoms with Crippen molar-refractivity contribution >= 4 is 28.6 Å². The molecule has 1 atom stereocenters. The Morgan fingerprint density at radius 1 is 1.59 bits per heavy atom. The Hall–Kier alpha value is -1.55. The first-order chi connectivity index (χ1) is 8.11. The van der Waals surface area contributed by atoms with Gasteiger partial charge in [-0.1, -0.05) is 11.6 Å². The van der Waals surface area contributed by atoms with Gasteiger partial charge in [0.25, 0.3) is 0 Å². The van der Waals surface area contributed by atoms with E-state index in [4.69, 9.17) is 16.3 Å². The molecule has 0 saturated heterocycles. The van der Waals surface area contributed by atoms with Gasteiger partial charge in [0, 0.05) is 5.02 Å². The highest BCUT2D eigenvalue weighted by molar-refractivity contribution is 6.31. The summed E-state index contributed by atoms with van der Waals surface area (Å²) in [6.45, 7) is 3.91. The van der Waals surface area contributed by atoms with Crippen LogP contribution in [0, 0.1) is 0 Å². The van der Waals surface area contributed by atoms with E-state index < -0.39 is 5.92 Å². The van der Waals surface area contributed by atoms with Crippen molar-refractivity contribution < 1.29 is 9.53 Å². The molecule has 1 unspecified atom stereocenters. The lowest BCUT2D eigenvalue weighted by Crippen LogP contribution is -2.14. The number of ether oxygens (including phenoxy) is 1. The van der Waals surface area contributed by atoms with E-state index >= 15 is 0 Å². The Balaban J connectivity index is 2.33. The van der Waals surface area contributed by atoms with Crippen molar-refractivity contribution in [3.05, 3.63) is 29.0 Å². The van der Waals surface area contributed by atoms with Gasteiger partial charge in [-0.3, -0.25) is 4.79 Å². The molecule has 0 aliphatic heterocycles. The first kappa shape index (κ1) is 11.9. The number of esters is 1. The van der Waals surface area contributed by atoms with Crippen molar-refractivity contribution in [1.82, 2.24) is 9.97 Å². The maximum atomic E-state index is 11.6. The van der Waals surface area contributed by atoms with E-state index in [1.165, 1.54) is 0 Å². The van der Waals surface area contributed by atoms with Gasteiger partial charge >= 0.3 is 5.97 Å². The largest absolute Gasteiger partial charge is 0.465 e. The number of halogens is 1. The number of aromatic nitrogens is 2.